The molecule has 1 rings (SSSR count). The molecule has 0 heterocycles. The molecule has 2 amide bonds. The smallest absolute Gasteiger partial charge is 0.334 e. The van der Waals surface area contributed by atoms with Crippen LogP contribution in [0.1, 0.15) is 32.6 Å². The summed E-state index contributed by atoms with van der Waals surface area (Å²) < 4.78 is 4.72. The van der Waals surface area contributed by atoms with Crippen molar-refractivity contribution in [1.29, 1.82) is 0 Å². The van der Waals surface area contributed by atoms with E-state index in [1.807, 2.05) is 6.92 Å². The molecule has 1 atom stereocenters. The second-order valence-corrected chi connectivity index (χ2v) is 4.39. The third kappa shape index (κ3) is 3.59. The van der Waals surface area contributed by atoms with Gasteiger partial charge in [0, 0.05) is 12.6 Å². The number of hydrogen-bond donors (Lipinski definition) is 3. The van der Waals surface area contributed by atoms with Crippen LogP contribution in [0.25, 0.3) is 0 Å². The third-order valence-corrected chi connectivity index (χ3v) is 3.37. The summed E-state index contributed by atoms with van der Waals surface area (Å²) in [4.78, 5) is 22.2. The Morgan fingerprint density at radius 3 is 2.47 bits per heavy atom. The first-order valence-corrected chi connectivity index (χ1v) is 5.84. The average molecular weight is 244 g/mol. The first-order valence-electron chi connectivity index (χ1n) is 5.84. The van der Waals surface area contributed by atoms with Crippen molar-refractivity contribution in [2.24, 2.45) is 0 Å². The molecule has 1 unspecified atom stereocenters. The van der Waals surface area contributed by atoms with Crippen LogP contribution in [-0.2, 0) is 9.53 Å². The zero-order chi connectivity index (χ0) is 12.9. The summed E-state index contributed by atoms with van der Waals surface area (Å²) in [5.74, 6) is -1.08. The second kappa shape index (κ2) is 5.86. The van der Waals surface area contributed by atoms with Gasteiger partial charge in [0.1, 0.15) is 0 Å². The van der Waals surface area contributed by atoms with Gasteiger partial charge in [-0.2, -0.15) is 0 Å². The first kappa shape index (κ1) is 13.8. The fourth-order valence-electron chi connectivity index (χ4n) is 1.91. The van der Waals surface area contributed by atoms with E-state index in [0.717, 1.165) is 25.7 Å². The fourth-order valence-corrected chi connectivity index (χ4v) is 1.91. The van der Waals surface area contributed by atoms with Gasteiger partial charge in [0.15, 0.2) is 6.10 Å². The SMILES string of the molecule is CCC1(NC(=O)NCC(OC)C(=O)O)CCC1. The van der Waals surface area contributed by atoms with Gasteiger partial charge in [-0.15, -0.1) is 0 Å². The van der Waals surface area contributed by atoms with Crippen molar-refractivity contribution in [3.63, 3.8) is 0 Å². The van der Waals surface area contributed by atoms with E-state index >= 15 is 0 Å². The molecule has 0 aromatic heterocycles. The van der Waals surface area contributed by atoms with Gasteiger partial charge >= 0.3 is 12.0 Å². The number of urea groups is 1. The van der Waals surface area contributed by atoms with Crippen molar-refractivity contribution in [2.75, 3.05) is 13.7 Å². The molecule has 0 aromatic carbocycles. The number of nitrogens with one attached hydrogen (secondary N) is 2. The molecule has 1 aliphatic rings. The first-order chi connectivity index (χ1) is 8.03. The van der Waals surface area contributed by atoms with Crippen LogP contribution < -0.4 is 10.6 Å². The van der Waals surface area contributed by atoms with Gasteiger partial charge in [0.25, 0.3) is 0 Å². The van der Waals surface area contributed by atoms with E-state index in [-0.39, 0.29) is 18.1 Å². The highest BCUT2D eigenvalue weighted by Crippen LogP contribution is 2.34. The Kier molecular flexibility index (Phi) is 4.74. The zero-order valence-corrected chi connectivity index (χ0v) is 10.3. The van der Waals surface area contributed by atoms with Crippen molar-refractivity contribution in [1.82, 2.24) is 10.6 Å². The van der Waals surface area contributed by atoms with E-state index < -0.39 is 12.1 Å². The zero-order valence-electron chi connectivity index (χ0n) is 10.3. The Morgan fingerprint density at radius 2 is 2.12 bits per heavy atom. The van der Waals surface area contributed by atoms with E-state index in [1.165, 1.54) is 7.11 Å². The van der Waals surface area contributed by atoms with Crippen LogP contribution in [-0.4, -0.2) is 42.4 Å². The fraction of sp³-hybridized carbons (Fsp3) is 0.818. The van der Waals surface area contributed by atoms with Gasteiger partial charge in [-0.1, -0.05) is 6.92 Å². The molecule has 1 saturated carbocycles. The highest BCUT2D eigenvalue weighted by atomic mass is 16.5. The van der Waals surface area contributed by atoms with Crippen LogP contribution in [0.5, 0.6) is 0 Å². The Balaban J connectivity index is 2.32. The Hall–Kier alpha value is -1.30. The Morgan fingerprint density at radius 1 is 1.47 bits per heavy atom. The van der Waals surface area contributed by atoms with Crippen molar-refractivity contribution < 1.29 is 19.4 Å². The summed E-state index contributed by atoms with van der Waals surface area (Å²) >= 11 is 0. The lowest BCUT2D eigenvalue weighted by atomic mass is 9.75. The van der Waals surface area contributed by atoms with Gasteiger partial charge < -0.3 is 20.5 Å². The predicted octanol–water partition coefficient (Wildman–Crippen LogP) is 0.718. The minimum atomic E-state index is -1.08. The van der Waals surface area contributed by atoms with E-state index in [2.05, 4.69) is 10.6 Å². The van der Waals surface area contributed by atoms with Gasteiger partial charge in [-0.05, 0) is 25.7 Å². The topological polar surface area (TPSA) is 87.7 Å². The van der Waals surface area contributed by atoms with Crippen LogP contribution in [0.3, 0.4) is 0 Å². The number of amides is 2. The molecule has 6 heteroatoms. The molecule has 0 spiro atoms. The van der Waals surface area contributed by atoms with Crippen molar-refractivity contribution >= 4 is 12.0 Å². The lowest BCUT2D eigenvalue weighted by Gasteiger charge is -2.41. The maximum atomic E-state index is 11.6. The van der Waals surface area contributed by atoms with Crippen LogP contribution >= 0.6 is 0 Å². The molecular formula is C11H20N2O4. The maximum absolute atomic E-state index is 11.6. The lowest BCUT2D eigenvalue weighted by Crippen LogP contribution is -2.56. The molecule has 1 aliphatic carbocycles. The van der Waals surface area contributed by atoms with E-state index in [9.17, 15) is 9.59 Å². The number of ether oxygens (including phenoxy) is 1. The summed E-state index contributed by atoms with van der Waals surface area (Å²) in [5, 5.41) is 14.1. The number of rotatable bonds is 6. The average Bonchev–Trinajstić information content (AvgIpc) is 2.24. The lowest BCUT2D eigenvalue weighted by molar-refractivity contribution is -0.147. The van der Waals surface area contributed by atoms with Crippen molar-refractivity contribution in [3.8, 4) is 0 Å². The molecule has 0 aliphatic heterocycles. The molecular weight excluding hydrogens is 224 g/mol. The number of carboxylic acids is 1. The van der Waals surface area contributed by atoms with Crippen molar-refractivity contribution in [2.45, 2.75) is 44.2 Å². The van der Waals surface area contributed by atoms with Gasteiger partial charge in [-0.25, -0.2) is 9.59 Å². The minimum absolute atomic E-state index is 0.0303. The second-order valence-electron chi connectivity index (χ2n) is 4.39. The number of carbonyl (C=O) groups excluding carboxylic acids is 1. The molecule has 0 aromatic rings. The van der Waals surface area contributed by atoms with E-state index in [4.69, 9.17) is 9.84 Å². The van der Waals surface area contributed by atoms with Crippen LogP contribution in [0, 0.1) is 0 Å². The third-order valence-electron chi connectivity index (χ3n) is 3.37. The van der Waals surface area contributed by atoms with Crippen LogP contribution in [0.4, 0.5) is 4.79 Å². The highest BCUT2D eigenvalue weighted by molar-refractivity contribution is 5.77. The maximum Gasteiger partial charge on any atom is 0.334 e. The largest absolute Gasteiger partial charge is 0.479 e. The molecule has 0 bridgehead atoms. The number of hydrogen-bond acceptors (Lipinski definition) is 3. The quantitative estimate of drug-likeness (QED) is 0.642. The summed E-state index contributed by atoms with van der Waals surface area (Å²) in [7, 11) is 1.30. The van der Waals surface area contributed by atoms with E-state index in [1.54, 1.807) is 0 Å². The minimum Gasteiger partial charge on any atom is -0.479 e. The number of carbonyl (C=O) groups is 2. The van der Waals surface area contributed by atoms with Gasteiger partial charge in [0.05, 0.1) is 6.54 Å². The molecule has 0 radical (unpaired) electrons. The number of aliphatic carboxylic acids is 1. The molecule has 3 N–H and O–H groups in total. The van der Waals surface area contributed by atoms with Crippen LogP contribution in [0.15, 0.2) is 0 Å². The monoisotopic (exact) mass is 244 g/mol. The van der Waals surface area contributed by atoms with E-state index in [0.29, 0.717) is 0 Å². The molecule has 1 fully saturated rings. The number of methoxy groups -OCH3 is 1. The molecule has 17 heavy (non-hydrogen) atoms. The predicted molar refractivity (Wildman–Crippen MR) is 61.8 cm³/mol. The highest BCUT2D eigenvalue weighted by Gasteiger charge is 2.36. The van der Waals surface area contributed by atoms with Crippen molar-refractivity contribution in [3.05, 3.63) is 0 Å². The summed E-state index contributed by atoms with van der Waals surface area (Å²) in [6, 6.07) is -0.324. The Labute approximate surface area is 101 Å². The summed E-state index contributed by atoms with van der Waals surface area (Å²) in [6.07, 6.45) is 3.00. The molecule has 98 valence electrons. The number of carboxylic acid groups (broad SMARTS) is 1. The standard InChI is InChI=1S/C11H20N2O4/c1-3-11(5-4-6-11)13-10(16)12-7-8(17-2)9(14)15/h8H,3-7H2,1-2H3,(H,14,15)(H2,12,13,16). The van der Waals surface area contributed by atoms with Gasteiger partial charge in [-0.3, -0.25) is 0 Å². The van der Waals surface area contributed by atoms with Gasteiger partial charge in [0.2, 0.25) is 0 Å². The van der Waals surface area contributed by atoms with Crippen LogP contribution in [0.2, 0.25) is 0 Å². The Bertz CT molecular complexity index is 284. The molecule has 6 nitrogen and oxygen atoms in total. The summed E-state index contributed by atoms with van der Waals surface area (Å²) in [6.45, 7) is 2.01. The molecule has 0 saturated heterocycles. The summed E-state index contributed by atoms with van der Waals surface area (Å²) in [5.41, 5.74) is -0.0874. The normalized spacial score (nSPS) is 18.9.